The molecule has 160 valence electrons. The fraction of sp³-hybridized carbons (Fsp3) is 0.333. The van der Waals surface area contributed by atoms with E-state index in [0.717, 1.165) is 0 Å². The van der Waals surface area contributed by atoms with E-state index in [2.05, 4.69) is 10.6 Å². The molecule has 0 spiro atoms. The molecule has 1 aliphatic heterocycles. The lowest BCUT2D eigenvalue weighted by atomic mass is 10.1. The predicted molar refractivity (Wildman–Crippen MR) is 120 cm³/mol. The van der Waals surface area contributed by atoms with E-state index in [1.807, 2.05) is 30.5 Å². The molecule has 1 heterocycles. The van der Waals surface area contributed by atoms with Crippen LogP contribution in [0.15, 0.2) is 42.5 Å². The Labute approximate surface area is 189 Å². The number of amides is 2. The molecule has 2 unspecified atom stereocenters. The third-order valence-corrected chi connectivity index (χ3v) is 5.67. The van der Waals surface area contributed by atoms with Gasteiger partial charge in [-0.15, -0.1) is 0 Å². The number of hydrogen-bond donors (Lipinski definition) is 2. The van der Waals surface area contributed by atoms with E-state index in [9.17, 15) is 9.59 Å². The van der Waals surface area contributed by atoms with Gasteiger partial charge in [0.1, 0.15) is 18.8 Å². The van der Waals surface area contributed by atoms with E-state index >= 15 is 0 Å². The van der Waals surface area contributed by atoms with Gasteiger partial charge in [0.15, 0.2) is 11.5 Å². The Kier molecular flexibility index (Phi) is 8.13. The first-order valence-electron chi connectivity index (χ1n) is 9.39. The molecule has 1 aliphatic rings. The lowest BCUT2D eigenvalue weighted by Crippen LogP contribution is -2.50. The number of halogens is 2. The molecule has 2 aromatic carbocycles. The number of thioether (sulfide) groups is 1. The normalized spacial score (nSPS) is 15.9. The quantitative estimate of drug-likeness (QED) is 0.615. The zero-order chi connectivity index (χ0) is 21.5. The second kappa shape index (κ2) is 10.8. The van der Waals surface area contributed by atoms with Gasteiger partial charge in [0.05, 0.1) is 17.1 Å². The van der Waals surface area contributed by atoms with Crippen molar-refractivity contribution in [1.29, 1.82) is 0 Å². The summed E-state index contributed by atoms with van der Waals surface area (Å²) in [6, 6.07) is 11.3. The summed E-state index contributed by atoms with van der Waals surface area (Å²) in [5.74, 6) is 1.33. The van der Waals surface area contributed by atoms with E-state index in [0.29, 0.717) is 35.3 Å². The largest absolute Gasteiger partial charge is 0.486 e. The Morgan fingerprint density at radius 3 is 2.70 bits per heavy atom. The molecule has 0 bridgehead atoms. The van der Waals surface area contributed by atoms with Crippen LogP contribution >= 0.6 is 35.0 Å². The van der Waals surface area contributed by atoms with Crippen LogP contribution in [-0.2, 0) is 4.79 Å². The first-order chi connectivity index (χ1) is 14.5. The zero-order valence-corrected chi connectivity index (χ0v) is 18.7. The Bertz CT molecular complexity index is 912. The molecule has 0 saturated carbocycles. The van der Waals surface area contributed by atoms with Gasteiger partial charge in [0.25, 0.3) is 5.91 Å². The molecule has 0 fully saturated rings. The van der Waals surface area contributed by atoms with Gasteiger partial charge in [0, 0.05) is 5.02 Å². The Morgan fingerprint density at radius 1 is 1.20 bits per heavy atom. The van der Waals surface area contributed by atoms with Crippen molar-refractivity contribution in [1.82, 2.24) is 10.6 Å². The van der Waals surface area contributed by atoms with Crippen LogP contribution in [0.4, 0.5) is 0 Å². The number of benzene rings is 2. The summed E-state index contributed by atoms with van der Waals surface area (Å²) in [6.45, 7) is 0.597. The fourth-order valence-corrected chi connectivity index (χ4v) is 3.88. The van der Waals surface area contributed by atoms with Crippen LogP contribution in [0.3, 0.4) is 0 Å². The molecular formula is C21H22Cl2N2O4S. The summed E-state index contributed by atoms with van der Waals surface area (Å²) in [6.07, 6.45) is 2.11. The molecule has 2 atom stereocenters. The molecule has 3 rings (SSSR count). The fourth-order valence-electron chi connectivity index (χ4n) is 2.92. The Morgan fingerprint density at radius 2 is 1.97 bits per heavy atom. The molecule has 2 aromatic rings. The van der Waals surface area contributed by atoms with Crippen LogP contribution in [0.1, 0.15) is 16.8 Å². The molecule has 0 aromatic heterocycles. The van der Waals surface area contributed by atoms with Crippen LogP contribution in [-0.4, -0.2) is 49.1 Å². The molecule has 0 aliphatic carbocycles. The highest BCUT2D eigenvalue weighted by Crippen LogP contribution is 2.30. The average molecular weight is 469 g/mol. The van der Waals surface area contributed by atoms with Crippen LogP contribution in [0.5, 0.6) is 11.5 Å². The van der Waals surface area contributed by atoms with Crippen molar-refractivity contribution in [2.45, 2.75) is 18.6 Å². The molecule has 0 radical (unpaired) electrons. The van der Waals surface area contributed by atoms with Gasteiger partial charge in [-0.25, -0.2) is 0 Å². The SMILES string of the molecule is CSCCC(NC(=O)c1ccc(Cl)cc1Cl)C(=O)NCC1COc2ccccc2O1. The number of carbonyl (C=O) groups excluding carboxylic acids is 2. The van der Waals surface area contributed by atoms with Crippen molar-refractivity contribution >= 4 is 46.8 Å². The minimum atomic E-state index is -0.700. The maximum Gasteiger partial charge on any atom is 0.253 e. The van der Waals surface area contributed by atoms with Crippen molar-refractivity contribution in [3.63, 3.8) is 0 Å². The summed E-state index contributed by atoms with van der Waals surface area (Å²) in [7, 11) is 0. The molecular weight excluding hydrogens is 447 g/mol. The van der Waals surface area contributed by atoms with Crippen LogP contribution in [0.25, 0.3) is 0 Å². The van der Waals surface area contributed by atoms with Gasteiger partial charge in [-0.3, -0.25) is 9.59 Å². The van der Waals surface area contributed by atoms with Gasteiger partial charge in [-0.2, -0.15) is 11.8 Å². The van der Waals surface area contributed by atoms with Crippen molar-refractivity contribution in [3.05, 3.63) is 58.1 Å². The van der Waals surface area contributed by atoms with Crippen molar-refractivity contribution in [3.8, 4) is 11.5 Å². The second-order valence-corrected chi connectivity index (χ2v) is 8.50. The Balaban J connectivity index is 1.59. The summed E-state index contributed by atoms with van der Waals surface area (Å²) >= 11 is 13.6. The summed E-state index contributed by atoms with van der Waals surface area (Å²) in [5, 5.41) is 6.28. The third-order valence-electron chi connectivity index (χ3n) is 4.48. The van der Waals surface area contributed by atoms with E-state index in [1.54, 1.807) is 17.8 Å². The number of nitrogens with one attached hydrogen (secondary N) is 2. The van der Waals surface area contributed by atoms with Gasteiger partial charge in [-0.1, -0.05) is 35.3 Å². The maximum atomic E-state index is 12.8. The minimum absolute atomic E-state index is 0.232. The lowest BCUT2D eigenvalue weighted by Gasteiger charge is -2.27. The molecule has 6 nitrogen and oxygen atoms in total. The number of rotatable bonds is 8. The third kappa shape index (κ3) is 5.97. The van der Waals surface area contributed by atoms with E-state index in [4.69, 9.17) is 32.7 Å². The molecule has 9 heteroatoms. The average Bonchev–Trinajstić information content (AvgIpc) is 2.74. The topological polar surface area (TPSA) is 76.7 Å². The second-order valence-electron chi connectivity index (χ2n) is 6.67. The highest BCUT2D eigenvalue weighted by atomic mass is 35.5. The number of ether oxygens (including phenoxy) is 2. The number of carbonyl (C=O) groups is 2. The summed E-state index contributed by atoms with van der Waals surface area (Å²) < 4.78 is 11.5. The van der Waals surface area contributed by atoms with Gasteiger partial charge < -0.3 is 20.1 Å². The summed E-state index contributed by atoms with van der Waals surface area (Å²) in [5.41, 5.74) is 0.267. The van der Waals surface area contributed by atoms with Crippen LogP contribution in [0.2, 0.25) is 10.0 Å². The number of hydrogen-bond acceptors (Lipinski definition) is 5. The van der Waals surface area contributed by atoms with E-state index < -0.39 is 11.9 Å². The van der Waals surface area contributed by atoms with E-state index in [1.165, 1.54) is 12.1 Å². The molecule has 0 saturated heterocycles. The number of para-hydroxylation sites is 2. The predicted octanol–water partition coefficient (Wildman–Crippen LogP) is 3.80. The summed E-state index contributed by atoms with van der Waals surface area (Å²) in [4.78, 5) is 25.4. The van der Waals surface area contributed by atoms with Gasteiger partial charge >= 0.3 is 0 Å². The molecule has 30 heavy (non-hydrogen) atoms. The minimum Gasteiger partial charge on any atom is -0.486 e. The first kappa shape index (κ1) is 22.6. The first-order valence-corrected chi connectivity index (χ1v) is 11.5. The lowest BCUT2D eigenvalue weighted by molar-refractivity contribution is -0.123. The zero-order valence-electron chi connectivity index (χ0n) is 16.3. The van der Waals surface area contributed by atoms with Crippen molar-refractivity contribution < 1.29 is 19.1 Å². The molecule has 2 N–H and O–H groups in total. The van der Waals surface area contributed by atoms with Crippen molar-refractivity contribution in [2.24, 2.45) is 0 Å². The monoisotopic (exact) mass is 468 g/mol. The highest BCUT2D eigenvalue weighted by Gasteiger charge is 2.25. The molecule has 2 amide bonds. The van der Waals surface area contributed by atoms with Gasteiger partial charge in [0.2, 0.25) is 5.91 Å². The maximum absolute atomic E-state index is 12.8. The van der Waals surface area contributed by atoms with Crippen LogP contribution in [0, 0.1) is 0 Å². The Hall–Kier alpha value is -2.09. The standard InChI is InChI=1S/C21H22Cl2N2O4S/c1-30-9-8-17(25-20(26)15-7-6-13(22)10-16(15)23)21(27)24-11-14-12-28-18-4-2-3-5-19(18)29-14/h2-7,10,14,17H,8-9,11-12H2,1H3,(H,24,27)(H,25,26). The van der Waals surface area contributed by atoms with E-state index in [-0.39, 0.29) is 29.1 Å². The highest BCUT2D eigenvalue weighted by molar-refractivity contribution is 7.98. The van der Waals surface area contributed by atoms with Gasteiger partial charge in [-0.05, 0) is 48.8 Å². The smallest absolute Gasteiger partial charge is 0.253 e. The van der Waals surface area contributed by atoms with Crippen LogP contribution < -0.4 is 20.1 Å². The van der Waals surface area contributed by atoms with Crippen molar-refractivity contribution in [2.75, 3.05) is 25.2 Å². The number of fused-ring (bicyclic) bond motifs is 1.